The van der Waals surface area contributed by atoms with Gasteiger partial charge >= 0.3 is 0 Å². The van der Waals surface area contributed by atoms with Gasteiger partial charge in [-0.05, 0) is 26.3 Å². The Hall–Kier alpha value is -0.200. The van der Waals surface area contributed by atoms with E-state index in [0.717, 1.165) is 12.8 Å². The SMILES string of the molecule is CCCCC(CCN)(C(N)O)C(C)(N)O. The molecule has 0 saturated carbocycles. The summed E-state index contributed by atoms with van der Waals surface area (Å²) < 4.78 is 0. The zero-order chi connectivity index (χ0) is 12.1. The van der Waals surface area contributed by atoms with E-state index in [1.165, 1.54) is 6.92 Å². The molecule has 5 heteroatoms. The summed E-state index contributed by atoms with van der Waals surface area (Å²) in [5, 5.41) is 19.6. The number of unbranched alkanes of at least 4 members (excludes halogenated alkanes) is 1. The van der Waals surface area contributed by atoms with Crippen LogP contribution in [0.1, 0.15) is 39.5 Å². The van der Waals surface area contributed by atoms with Crippen LogP contribution >= 0.6 is 0 Å². The Balaban J connectivity index is 4.90. The standard InChI is InChI=1S/C10H25N3O2/c1-3-4-5-10(6-7-11,8(12)14)9(2,13)15/h8,14-15H,3-7,11-13H2,1-2H3. The molecule has 0 radical (unpaired) electrons. The van der Waals surface area contributed by atoms with Gasteiger partial charge in [-0.1, -0.05) is 19.8 Å². The van der Waals surface area contributed by atoms with Crippen molar-refractivity contribution in [2.75, 3.05) is 6.54 Å². The molecule has 0 aliphatic carbocycles. The smallest absolute Gasteiger partial charge is 0.120 e. The lowest BCUT2D eigenvalue weighted by Crippen LogP contribution is -2.62. The highest BCUT2D eigenvalue weighted by atomic mass is 16.3. The lowest BCUT2D eigenvalue weighted by Gasteiger charge is -2.45. The zero-order valence-corrected chi connectivity index (χ0v) is 9.74. The molecule has 3 unspecified atom stereocenters. The van der Waals surface area contributed by atoms with Crippen molar-refractivity contribution in [3.05, 3.63) is 0 Å². The van der Waals surface area contributed by atoms with Crippen molar-refractivity contribution in [1.82, 2.24) is 0 Å². The molecule has 0 aliphatic heterocycles. The van der Waals surface area contributed by atoms with Crippen molar-refractivity contribution in [3.63, 3.8) is 0 Å². The van der Waals surface area contributed by atoms with Crippen LogP contribution < -0.4 is 17.2 Å². The van der Waals surface area contributed by atoms with Gasteiger partial charge < -0.3 is 27.4 Å². The van der Waals surface area contributed by atoms with Gasteiger partial charge in [-0.2, -0.15) is 0 Å². The summed E-state index contributed by atoms with van der Waals surface area (Å²) >= 11 is 0. The minimum Gasteiger partial charge on any atom is -0.378 e. The van der Waals surface area contributed by atoms with Gasteiger partial charge in [0.1, 0.15) is 12.0 Å². The number of aliphatic hydroxyl groups is 2. The average molecular weight is 219 g/mol. The van der Waals surface area contributed by atoms with Crippen LogP contribution in [-0.4, -0.2) is 28.7 Å². The minimum absolute atomic E-state index is 0.339. The molecule has 15 heavy (non-hydrogen) atoms. The van der Waals surface area contributed by atoms with Gasteiger partial charge in [0.15, 0.2) is 0 Å². The van der Waals surface area contributed by atoms with E-state index in [2.05, 4.69) is 0 Å². The number of rotatable bonds is 7. The van der Waals surface area contributed by atoms with Gasteiger partial charge in [-0.15, -0.1) is 0 Å². The highest BCUT2D eigenvalue weighted by Gasteiger charge is 2.47. The van der Waals surface area contributed by atoms with E-state index in [1.807, 2.05) is 6.92 Å². The molecule has 0 bridgehead atoms. The molecule has 0 aromatic heterocycles. The maximum atomic E-state index is 9.94. The quantitative estimate of drug-likeness (QED) is 0.368. The molecule has 0 aromatic rings. The molecule has 0 aromatic carbocycles. The maximum Gasteiger partial charge on any atom is 0.120 e. The molecule has 0 rings (SSSR count). The Labute approximate surface area is 91.6 Å². The molecule has 0 heterocycles. The van der Waals surface area contributed by atoms with E-state index >= 15 is 0 Å². The van der Waals surface area contributed by atoms with Crippen LogP contribution in [0.3, 0.4) is 0 Å². The lowest BCUT2D eigenvalue weighted by molar-refractivity contribution is -0.138. The monoisotopic (exact) mass is 219 g/mol. The molecule has 0 fully saturated rings. The van der Waals surface area contributed by atoms with Gasteiger partial charge in [0, 0.05) is 0 Å². The normalized spacial score (nSPS) is 21.8. The predicted molar refractivity (Wildman–Crippen MR) is 60.6 cm³/mol. The third-order valence-electron chi connectivity index (χ3n) is 3.14. The van der Waals surface area contributed by atoms with Crippen LogP contribution in [0.25, 0.3) is 0 Å². The van der Waals surface area contributed by atoms with Gasteiger partial charge in [0.25, 0.3) is 0 Å². The third kappa shape index (κ3) is 3.39. The first-order valence-corrected chi connectivity index (χ1v) is 5.46. The topological polar surface area (TPSA) is 119 Å². The Bertz CT molecular complexity index is 180. The van der Waals surface area contributed by atoms with Crippen molar-refractivity contribution in [2.24, 2.45) is 22.6 Å². The molecule has 8 N–H and O–H groups in total. The van der Waals surface area contributed by atoms with E-state index in [-0.39, 0.29) is 0 Å². The largest absolute Gasteiger partial charge is 0.378 e. The van der Waals surface area contributed by atoms with E-state index in [9.17, 15) is 10.2 Å². The fraction of sp³-hybridized carbons (Fsp3) is 1.00. The highest BCUT2D eigenvalue weighted by molar-refractivity contribution is 4.95. The molecular formula is C10H25N3O2. The first-order valence-electron chi connectivity index (χ1n) is 5.46. The number of hydrogen-bond acceptors (Lipinski definition) is 5. The Morgan fingerprint density at radius 3 is 2.13 bits per heavy atom. The molecule has 5 nitrogen and oxygen atoms in total. The van der Waals surface area contributed by atoms with Crippen LogP contribution in [0, 0.1) is 5.41 Å². The van der Waals surface area contributed by atoms with Crippen LogP contribution in [0.5, 0.6) is 0 Å². The summed E-state index contributed by atoms with van der Waals surface area (Å²) in [7, 11) is 0. The van der Waals surface area contributed by atoms with Crippen molar-refractivity contribution in [2.45, 2.75) is 51.5 Å². The van der Waals surface area contributed by atoms with Crippen molar-refractivity contribution in [1.29, 1.82) is 0 Å². The Morgan fingerprint density at radius 2 is 1.87 bits per heavy atom. The third-order valence-corrected chi connectivity index (χ3v) is 3.14. The van der Waals surface area contributed by atoms with E-state index in [0.29, 0.717) is 19.4 Å². The van der Waals surface area contributed by atoms with Crippen molar-refractivity contribution >= 4 is 0 Å². The number of hydrogen-bond donors (Lipinski definition) is 5. The molecule has 0 aliphatic rings. The first kappa shape index (κ1) is 14.8. The van der Waals surface area contributed by atoms with Gasteiger partial charge in [0.05, 0.1) is 5.41 Å². The van der Waals surface area contributed by atoms with Gasteiger partial charge in [-0.25, -0.2) is 0 Å². The van der Waals surface area contributed by atoms with Crippen LogP contribution in [0.4, 0.5) is 0 Å². The van der Waals surface area contributed by atoms with Crippen LogP contribution in [0.2, 0.25) is 0 Å². The molecule has 0 amide bonds. The fourth-order valence-electron chi connectivity index (χ4n) is 1.98. The second-order valence-electron chi connectivity index (χ2n) is 4.39. The second kappa shape index (κ2) is 5.77. The molecule has 0 spiro atoms. The zero-order valence-electron chi connectivity index (χ0n) is 9.74. The van der Waals surface area contributed by atoms with Crippen LogP contribution in [-0.2, 0) is 0 Å². The highest BCUT2D eigenvalue weighted by Crippen LogP contribution is 2.38. The van der Waals surface area contributed by atoms with E-state index in [4.69, 9.17) is 17.2 Å². The fourth-order valence-corrected chi connectivity index (χ4v) is 1.98. The van der Waals surface area contributed by atoms with Crippen molar-refractivity contribution in [3.8, 4) is 0 Å². The maximum absolute atomic E-state index is 9.94. The summed E-state index contributed by atoms with van der Waals surface area (Å²) in [6.07, 6.45) is 1.62. The van der Waals surface area contributed by atoms with E-state index in [1.54, 1.807) is 0 Å². The Kier molecular flexibility index (Phi) is 5.69. The molecule has 92 valence electrons. The number of aliphatic hydroxyl groups excluding tert-OH is 1. The minimum atomic E-state index is -1.52. The molecule has 0 saturated heterocycles. The second-order valence-corrected chi connectivity index (χ2v) is 4.39. The Morgan fingerprint density at radius 1 is 1.33 bits per heavy atom. The van der Waals surface area contributed by atoms with Gasteiger partial charge in [-0.3, -0.25) is 0 Å². The molecule has 3 atom stereocenters. The summed E-state index contributed by atoms with van der Waals surface area (Å²) in [5.74, 6) is 0. The average Bonchev–Trinajstić information content (AvgIpc) is 2.09. The molecular weight excluding hydrogens is 194 g/mol. The number of nitrogens with two attached hydrogens (primary N) is 3. The summed E-state index contributed by atoms with van der Waals surface area (Å²) in [6.45, 7) is 3.83. The van der Waals surface area contributed by atoms with Gasteiger partial charge in [0.2, 0.25) is 0 Å². The predicted octanol–water partition coefficient (Wildman–Crippen LogP) is -0.544. The van der Waals surface area contributed by atoms with E-state index < -0.39 is 17.4 Å². The summed E-state index contributed by atoms with van der Waals surface area (Å²) in [5.41, 5.74) is 14.3. The summed E-state index contributed by atoms with van der Waals surface area (Å²) in [4.78, 5) is 0. The first-order chi connectivity index (χ1) is 6.81. The summed E-state index contributed by atoms with van der Waals surface area (Å²) in [6, 6.07) is 0. The van der Waals surface area contributed by atoms with Crippen molar-refractivity contribution < 1.29 is 10.2 Å². The lowest BCUT2D eigenvalue weighted by atomic mass is 9.70. The van der Waals surface area contributed by atoms with Crippen LogP contribution in [0.15, 0.2) is 0 Å².